The minimum Gasteiger partial charge on any atom is -0.493 e. The Morgan fingerprint density at radius 1 is 0.955 bits per heavy atom. The number of carbonyl (C=O) groups excluding carboxylic acids is 1. The second-order valence-electron chi connectivity index (χ2n) is 4.72. The number of benzene rings is 2. The summed E-state index contributed by atoms with van der Waals surface area (Å²) in [5.41, 5.74) is 1.83. The van der Waals surface area contributed by atoms with E-state index in [1.165, 1.54) is 5.56 Å². The normalized spacial score (nSPS) is 10.1. The quantitative estimate of drug-likeness (QED) is 0.552. The Balaban J connectivity index is 1.84. The SMILES string of the molecule is CCc1ccc(OCCOc2ccc(C=O)cc2OC)cc1. The fourth-order valence-electron chi connectivity index (χ4n) is 2.01. The molecule has 0 aliphatic heterocycles. The van der Waals surface area contributed by atoms with Gasteiger partial charge in [0.15, 0.2) is 11.5 Å². The van der Waals surface area contributed by atoms with E-state index >= 15 is 0 Å². The highest BCUT2D eigenvalue weighted by Crippen LogP contribution is 2.27. The Morgan fingerprint density at radius 3 is 2.32 bits per heavy atom. The van der Waals surface area contributed by atoms with E-state index in [0.717, 1.165) is 18.5 Å². The summed E-state index contributed by atoms with van der Waals surface area (Å²) >= 11 is 0. The van der Waals surface area contributed by atoms with Gasteiger partial charge in [-0.3, -0.25) is 4.79 Å². The van der Waals surface area contributed by atoms with E-state index in [1.807, 2.05) is 12.1 Å². The Morgan fingerprint density at radius 2 is 1.68 bits per heavy atom. The largest absolute Gasteiger partial charge is 0.493 e. The Kier molecular flexibility index (Phi) is 5.83. The molecule has 4 nitrogen and oxygen atoms in total. The predicted octanol–water partition coefficient (Wildman–Crippen LogP) is 3.53. The third-order valence-electron chi connectivity index (χ3n) is 3.26. The molecule has 0 unspecified atom stereocenters. The van der Waals surface area contributed by atoms with Gasteiger partial charge in [0.25, 0.3) is 0 Å². The van der Waals surface area contributed by atoms with E-state index in [9.17, 15) is 4.79 Å². The van der Waals surface area contributed by atoms with E-state index in [4.69, 9.17) is 14.2 Å². The number of carbonyl (C=O) groups is 1. The third kappa shape index (κ3) is 4.25. The van der Waals surface area contributed by atoms with Gasteiger partial charge >= 0.3 is 0 Å². The van der Waals surface area contributed by atoms with Gasteiger partial charge in [-0.25, -0.2) is 0 Å². The molecule has 0 fully saturated rings. The molecule has 0 N–H and O–H groups in total. The number of hydrogen-bond acceptors (Lipinski definition) is 4. The summed E-state index contributed by atoms with van der Waals surface area (Å²) < 4.78 is 16.5. The zero-order valence-electron chi connectivity index (χ0n) is 12.9. The monoisotopic (exact) mass is 300 g/mol. The lowest BCUT2D eigenvalue weighted by Crippen LogP contribution is -2.09. The van der Waals surface area contributed by atoms with Crippen LogP contribution in [0.2, 0.25) is 0 Å². The van der Waals surface area contributed by atoms with Crippen LogP contribution in [-0.2, 0) is 6.42 Å². The molecule has 22 heavy (non-hydrogen) atoms. The molecule has 2 aromatic carbocycles. The van der Waals surface area contributed by atoms with Crippen LogP contribution in [0.1, 0.15) is 22.8 Å². The lowest BCUT2D eigenvalue weighted by molar-refractivity contribution is 0.112. The van der Waals surface area contributed by atoms with E-state index in [2.05, 4.69) is 19.1 Å². The molecule has 0 saturated heterocycles. The minimum atomic E-state index is 0.395. The van der Waals surface area contributed by atoms with E-state index in [1.54, 1.807) is 25.3 Å². The molecule has 0 aromatic heterocycles. The van der Waals surface area contributed by atoms with Crippen LogP contribution in [0.25, 0.3) is 0 Å². The fraction of sp³-hybridized carbons (Fsp3) is 0.278. The molecular weight excluding hydrogens is 280 g/mol. The topological polar surface area (TPSA) is 44.8 Å². The average Bonchev–Trinajstić information content (AvgIpc) is 2.59. The van der Waals surface area contributed by atoms with Crippen LogP contribution in [0.3, 0.4) is 0 Å². The molecule has 0 atom stereocenters. The van der Waals surface area contributed by atoms with Crippen molar-refractivity contribution >= 4 is 6.29 Å². The summed E-state index contributed by atoms with van der Waals surface area (Å²) in [6.07, 6.45) is 1.79. The Hall–Kier alpha value is -2.49. The molecule has 0 spiro atoms. The van der Waals surface area contributed by atoms with Crippen LogP contribution in [0.15, 0.2) is 42.5 Å². The summed E-state index contributed by atoms with van der Waals surface area (Å²) in [6, 6.07) is 13.1. The van der Waals surface area contributed by atoms with Gasteiger partial charge in [0.1, 0.15) is 25.2 Å². The second kappa shape index (κ2) is 8.08. The Labute approximate surface area is 130 Å². The zero-order valence-corrected chi connectivity index (χ0v) is 12.9. The average molecular weight is 300 g/mol. The summed E-state index contributed by atoms with van der Waals surface area (Å²) in [5, 5.41) is 0. The summed E-state index contributed by atoms with van der Waals surface area (Å²) in [5.74, 6) is 1.96. The molecule has 0 amide bonds. The highest BCUT2D eigenvalue weighted by Gasteiger charge is 2.05. The standard InChI is InChI=1S/C18H20O4/c1-3-14-4-7-16(8-5-14)21-10-11-22-17-9-6-15(13-19)12-18(17)20-2/h4-9,12-13H,3,10-11H2,1-2H3. The second-order valence-corrected chi connectivity index (χ2v) is 4.72. The van der Waals surface area contributed by atoms with Crippen molar-refractivity contribution in [3.8, 4) is 17.2 Å². The molecule has 0 bridgehead atoms. The first kappa shape index (κ1) is 15.9. The van der Waals surface area contributed by atoms with E-state index in [0.29, 0.717) is 30.3 Å². The summed E-state index contributed by atoms with van der Waals surface area (Å²) in [6.45, 7) is 2.95. The molecule has 0 heterocycles. The van der Waals surface area contributed by atoms with Crippen LogP contribution < -0.4 is 14.2 Å². The molecule has 116 valence electrons. The first-order chi connectivity index (χ1) is 10.8. The number of methoxy groups -OCH3 is 1. The molecule has 4 heteroatoms. The molecule has 0 aliphatic rings. The van der Waals surface area contributed by atoms with Crippen molar-refractivity contribution in [3.05, 3.63) is 53.6 Å². The fourth-order valence-corrected chi connectivity index (χ4v) is 2.01. The lowest BCUT2D eigenvalue weighted by atomic mass is 10.2. The predicted molar refractivity (Wildman–Crippen MR) is 85.2 cm³/mol. The molecule has 2 aromatic rings. The van der Waals surface area contributed by atoms with Gasteiger partial charge in [0.2, 0.25) is 0 Å². The number of aldehydes is 1. The highest BCUT2D eigenvalue weighted by molar-refractivity contribution is 5.76. The van der Waals surface area contributed by atoms with Gasteiger partial charge in [-0.1, -0.05) is 19.1 Å². The van der Waals surface area contributed by atoms with Crippen molar-refractivity contribution in [2.75, 3.05) is 20.3 Å². The van der Waals surface area contributed by atoms with Gasteiger partial charge in [0, 0.05) is 5.56 Å². The molecular formula is C18H20O4. The van der Waals surface area contributed by atoms with Crippen LogP contribution in [0.5, 0.6) is 17.2 Å². The van der Waals surface area contributed by atoms with Crippen LogP contribution in [0, 0.1) is 0 Å². The molecule has 2 rings (SSSR count). The van der Waals surface area contributed by atoms with Gasteiger partial charge < -0.3 is 14.2 Å². The van der Waals surface area contributed by atoms with Crippen molar-refractivity contribution in [1.29, 1.82) is 0 Å². The van der Waals surface area contributed by atoms with Crippen LogP contribution in [-0.4, -0.2) is 26.6 Å². The van der Waals surface area contributed by atoms with Crippen molar-refractivity contribution in [2.24, 2.45) is 0 Å². The maximum atomic E-state index is 10.7. The number of aryl methyl sites for hydroxylation is 1. The van der Waals surface area contributed by atoms with Crippen LogP contribution >= 0.6 is 0 Å². The van der Waals surface area contributed by atoms with Gasteiger partial charge in [-0.15, -0.1) is 0 Å². The number of ether oxygens (including phenoxy) is 3. The maximum Gasteiger partial charge on any atom is 0.161 e. The van der Waals surface area contributed by atoms with Crippen molar-refractivity contribution in [1.82, 2.24) is 0 Å². The third-order valence-corrected chi connectivity index (χ3v) is 3.26. The molecule has 0 aliphatic carbocycles. The highest BCUT2D eigenvalue weighted by atomic mass is 16.5. The smallest absolute Gasteiger partial charge is 0.161 e. The number of hydrogen-bond donors (Lipinski definition) is 0. The molecule has 0 saturated carbocycles. The molecule has 0 radical (unpaired) electrons. The first-order valence-corrected chi connectivity index (χ1v) is 7.24. The van der Waals surface area contributed by atoms with Gasteiger partial charge in [0.05, 0.1) is 7.11 Å². The van der Waals surface area contributed by atoms with Crippen LogP contribution in [0.4, 0.5) is 0 Å². The van der Waals surface area contributed by atoms with Gasteiger partial charge in [-0.2, -0.15) is 0 Å². The minimum absolute atomic E-state index is 0.395. The van der Waals surface area contributed by atoms with Gasteiger partial charge in [-0.05, 0) is 42.3 Å². The lowest BCUT2D eigenvalue weighted by Gasteiger charge is -2.12. The summed E-state index contributed by atoms with van der Waals surface area (Å²) in [4.78, 5) is 10.7. The zero-order chi connectivity index (χ0) is 15.8. The van der Waals surface area contributed by atoms with Crippen molar-refractivity contribution in [3.63, 3.8) is 0 Å². The Bertz CT molecular complexity index is 605. The number of rotatable bonds is 8. The first-order valence-electron chi connectivity index (χ1n) is 7.24. The van der Waals surface area contributed by atoms with Crippen molar-refractivity contribution < 1.29 is 19.0 Å². The maximum absolute atomic E-state index is 10.7. The van der Waals surface area contributed by atoms with E-state index in [-0.39, 0.29) is 0 Å². The summed E-state index contributed by atoms with van der Waals surface area (Å²) in [7, 11) is 1.54. The van der Waals surface area contributed by atoms with Crippen molar-refractivity contribution in [2.45, 2.75) is 13.3 Å². The van der Waals surface area contributed by atoms with E-state index < -0.39 is 0 Å².